The third-order valence-electron chi connectivity index (χ3n) is 7.70. The summed E-state index contributed by atoms with van der Waals surface area (Å²) in [7, 11) is 1.51. The average Bonchev–Trinajstić information content (AvgIpc) is 3.48. The lowest BCUT2D eigenvalue weighted by Gasteiger charge is -2.30. The van der Waals surface area contributed by atoms with Gasteiger partial charge in [-0.3, -0.25) is 4.79 Å². The van der Waals surface area contributed by atoms with Crippen LogP contribution in [0, 0.1) is 5.82 Å². The standard InChI is InChI=1S/C37H34F4N2O5/c1-46-32-12-5-11-28(22-32)33-36(17-6-10-25-8-3-2-4-9-25,35(45)42-24-26-20-29(37(39,40)41)23-30(38)21-26)43-34(48-33)27-13-15-31(16-14-27)47-19-7-18-44/h2-6,8-16,20-23,33,44H,7,17-19,24H2,1H3,(H,42,45)/b10-6+/t33-,36-/m1/s1. The van der Waals surface area contributed by atoms with E-state index in [1.165, 1.54) is 7.11 Å². The van der Waals surface area contributed by atoms with Crippen molar-refractivity contribution in [3.05, 3.63) is 137 Å². The van der Waals surface area contributed by atoms with E-state index in [2.05, 4.69) is 5.32 Å². The van der Waals surface area contributed by atoms with E-state index >= 15 is 0 Å². The molecule has 7 nitrogen and oxygen atoms in total. The first-order valence-electron chi connectivity index (χ1n) is 15.2. The van der Waals surface area contributed by atoms with Gasteiger partial charge in [0.05, 0.1) is 19.3 Å². The van der Waals surface area contributed by atoms with E-state index in [-0.39, 0.29) is 31.0 Å². The molecule has 2 N–H and O–H groups in total. The molecule has 0 bridgehead atoms. The summed E-state index contributed by atoms with van der Waals surface area (Å²) in [5, 5.41) is 11.8. The average molecular weight is 663 g/mol. The molecule has 4 aromatic rings. The fraction of sp³-hybridized carbons (Fsp3) is 0.243. The van der Waals surface area contributed by atoms with Crippen molar-refractivity contribution in [2.75, 3.05) is 20.3 Å². The zero-order valence-corrected chi connectivity index (χ0v) is 26.0. The molecule has 0 unspecified atom stereocenters. The first kappa shape index (κ1) is 34.2. The van der Waals surface area contributed by atoms with Gasteiger partial charge in [-0.15, -0.1) is 0 Å². The molecule has 11 heteroatoms. The van der Waals surface area contributed by atoms with Crippen LogP contribution in [0.15, 0.2) is 108 Å². The lowest BCUT2D eigenvalue weighted by Crippen LogP contribution is -2.47. The number of hydrogen-bond acceptors (Lipinski definition) is 6. The smallest absolute Gasteiger partial charge is 0.416 e. The second-order valence-electron chi connectivity index (χ2n) is 11.1. The number of benzene rings is 4. The molecule has 0 saturated heterocycles. The quantitative estimate of drug-likeness (QED) is 0.116. The van der Waals surface area contributed by atoms with Crippen LogP contribution in [-0.4, -0.2) is 42.8 Å². The molecule has 0 fully saturated rings. The molecular weight excluding hydrogens is 628 g/mol. The van der Waals surface area contributed by atoms with Gasteiger partial charge >= 0.3 is 6.18 Å². The molecule has 0 aromatic heterocycles. The fourth-order valence-corrected chi connectivity index (χ4v) is 5.31. The van der Waals surface area contributed by atoms with E-state index < -0.39 is 35.1 Å². The monoisotopic (exact) mass is 662 g/mol. The van der Waals surface area contributed by atoms with Gasteiger partial charge in [0.25, 0.3) is 5.91 Å². The number of hydrogen-bond donors (Lipinski definition) is 2. The van der Waals surface area contributed by atoms with E-state index in [1.54, 1.807) is 54.6 Å². The third-order valence-corrected chi connectivity index (χ3v) is 7.70. The van der Waals surface area contributed by atoms with Gasteiger partial charge in [-0.25, -0.2) is 9.38 Å². The van der Waals surface area contributed by atoms with Gasteiger partial charge in [0.1, 0.15) is 17.3 Å². The van der Waals surface area contributed by atoms with Gasteiger partial charge in [0, 0.05) is 31.6 Å². The Hall–Kier alpha value is -5.16. The van der Waals surface area contributed by atoms with Crippen molar-refractivity contribution < 1.29 is 41.7 Å². The fourth-order valence-electron chi connectivity index (χ4n) is 5.31. The summed E-state index contributed by atoms with van der Waals surface area (Å²) in [6, 6.07) is 25.5. The van der Waals surface area contributed by atoms with Crippen LogP contribution in [0.25, 0.3) is 6.08 Å². The number of carbonyl (C=O) groups excluding carboxylic acids is 1. The highest BCUT2D eigenvalue weighted by atomic mass is 19.4. The minimum Gasteiger partial charge on any atom is -0.497 e. The first-order valence-corrected chi connectivity index (χ1v) is 15.2. The Balaban J connectivity index is 1.55. The molecule has 1 aliphatic heterocycles. The number of nitrogens with zero attached hydrogens (tertiary/aromatic N) is 1. The van der Waals surface area contributed by atoms with Gasteiger partial charge in [-0.05, 0) is 71.3 Å². The highest BCUT2D eigenvalue weighted by molar-refractivity contribution is 6.01. The predicted octanol–water partition coefficient (Wildman–Crippen LogP) is 7.29. The van der Waals surface area contributed by atoms with Crippen LogP contribution in [-0.2, 0) is 22.3 Å². The van der Waals surface area contributed by atoms with E-state index in [4.69, 9.17) is 24.3 Å². The molecule has 1 amide bonds. The number of methoxy groups -OCH3 is 1. The molecule has 4 aromatic carbocycles. The molecule has 0 spiro atoms. The summed E-state index contributed by atoms with van der Waals surface area (Å²) >= 11 is 0. The van der Waals surface area contributed by atoms with Crippen LogP contribution in [0.2, 0.25) is 0 Å². The van der Waals surface area contributed by atoms with Crippen LogP contribution in [0.5, 0.6) is 11.5 Å². The van der Waals surface area contributed by atoms with E-state index in [9.17, 15) is 22.4 Å². The van der Waals surface area contributed by atoms with Crippen molar-refractivity contribution in [1.82, 2.24) is 5.32 Å². The molecular formula is C37H34F4N2O5. The van der Waals surface area contributed by atoms with Crippen molar-refractivity contribution in [3.8, 4) is 11.5 Å². The number of alkyl halides is 3. The Bertz CT molecular complexity index is 1760. The highest BCUT2D eigenvalue weighted by Gasteiger charge is 2.52. The Morgan fingerprint density at radius 2 is 1.77 bits per heavy atom. The Morgan fingerprint density at radius 1 is 1.00 bits per heavy atom. The van der Waals surface area contributed by atoms with Crippen molar-refractivity contribution in [2.24, 2.45) is 4.99 Å². The highest BCUT2D eigenvalue weighted by Crippen LogP contribution is 2.44. The summed E-state index contributed by atoms with van der Waals surface area (Å²) in [5.74, 6) is -0.458. The SMILES string of the molecule is COc1cccc([C@H]2OC(c3ccc(OCCCO)cc3)=N[C@@]2(C/C=C/c2ccccc2)C(=O)NCc2cc(F)cc(C(F)(F)F)c2)c1. The maximum atomic E-state index is 14.3. The van der Waals surface area contributed by atoms with Gasteiger partial charge in [-0.1, -0.05) is 54.6 Å². The number of aliphatic imine (C=N–C) groups is 1. The van der Waals surface area contributed by atoms with Crippen LogP contribution < -0.4 is 14.8 Å². The van der Waals surface area contributed by atoms with Crippen molar-refractivity contribution in [1.29, 1.82) is 0 Å². The number of aliphatic hydroxyl groups excluding tert-OH is 1. The minimum absolute atomic E-state index is 0.0000403. The number of rotatable bonds is 13. The maximum absolute atomic E-state index is 14.3. The van der Waals surface area contributed by atoms with Crippen LogP contribution in [0.3, 0.4) is 0 Å². The molecule has 1 heterocycles. The maximum Gasteiger partial charge on any atom is 0.416 e. The first-order chi connectivity index (χ1) is 23.1. The second kappa shape index (κ2) is 15.2. The number of ether oxygens (including phenoxy) is 3. The van der Waals surface area contributed by atoms with Crippen LogP contribution >= 0.6 is 0 Å². The summed E-state index contributed by atoms with van der Waals surface area (Å²) in [5.41, 5.74) is -0.850. The minimum atomic E-state index is -4.76. The van der Waals surface area contributed by atoms with Crippen LogP contribution in [0.1, 0.15) is 46.8 Å². The van der Waals surface area contributed by atoms with Crippen molar-refractivity contribution in [3.63, 3.8) is 0 Å². The molecule has 48 heavy (non-hydrogen) atoms. The molecule has 250 valence electrons. The Labute approximate surface area is 275 Å². The van der Waals surface area contributed by atoms with Crippen molar-refractivity contribution in [2.45, 2.75) is 37.2 Å². The van der Waals surface area contributed by atoms with Crippen molar-refractivity contribution >= 4 is 17.9 Å². The number of halogens is 4. The summed E-state index contributed by atoms with van der Waals surface area (Å²) in [6.07, 6.45) is -1.60. The van der Waals surface area contributed by atoms with Crippen LogP contribution in [0.4, 0.5) is 17.6 Å². The lowest BCUT2D eigenvalue weighted by atomic mass is 9.84. The Morgan fingerprint density at radius 3 is 2.48 bits per heavy atom. The zero-order valence-electron chi connectivity index (χ0n) is 26.0. The number of nitrogens with one attached hydrogen (secondary N) is 1. The topological polar surface area (TPSA) is 89.4 Å². The molecule has 0 saturated carbocycles. The van der Waals surface area contributed by atoms with Gasteiger partial charge in [-0.2, -0.15) is 13.2 Å². The largest absolute Gasteiger partial charge is 0.497 e. The normalized spacial score (nSPS) is 17.5. The molecule has 2 atom stereocenters. The summed E-state index contributed by atoms with van der Waals surface area (Å²) < 4.78 is 72.0. The lowest BCUT2D eigenvalue weighted by molar-refractivity contribution is -0.137. The summed E-state index contributed by atoms with van der Waals surface area (Å²) in [4.78, 5) is 19.2. The predicted molar refractivity (Wildman–Crippen MR) is 173 cm³/mol. The third kappa shape index (κ3) is 8.21. The summed E-state index contributed by atoms with van der Waals surface area (Å²) in [6.45, 7) is -0.0582. The molecule has 0 aliphatic carbocycles. The van der Waals surface area contributed by atoms with Gasteiger partial charge in [0.2, 0.25) is 5.90 Å². The second-order valence-corrected chi connectivity index (χ2v) is 11.1. The van der Waals surface area contributed by atoms with E-state index in [1.807, 2.05) is 36.4 Å². The molecule has 1 aliphatic rings. The number of aliphatic hydroxyl groups is 1. The van der Waals surface area contributed by atoms with E-state index in [0.29, 0.717) is 41.7 Å². The zero-order chi connectivity index (χ0) is 34.1. The molecule has 5 rings (SSSR count). The molecule has 0 radical (unpaired) electrons. The van der Waals surface area contributed by atoms with E-state index in [0.717, 1.165) is 17.7 Å². The van der Waals surface area contributed by atoms with Gasteiger partial charge < -0.3 is 24.6 Å². The Kier molecular flexibility index (Phi) is 10.8. The number of carbonyl (C=O) groups is 1. The van der Waals surface area contributed by atoms with Gasteiger partial charge in [0.15, 0.2) is 11.6 Å². The number of amides is 1.